The highest BCUT2D eigenvalue weighted by molar-refractivity contribution is 7.14. The number of rotatable bonds is 7. The summed E-state index contributed by atoms with van der Waals surface area (Å²) in [5.41, 5.74) is 2.57. The average Bonchev–Trinajstić information content (AvgIpc) is 3.47. The van der Waals surface area contributed by atoms with E-state index in [0.717, 1.165) is 48.5 Å². The van der Waals surface area contributed by atoms with Crippen LogP contribution in [0.2, 0.25) is 0 Å². The van der Waals surface area contributed by atoms with Crippen LogP contribution >= 0.6 is 11.3 Å². The van der Waals surface area contributed by atoms with Gasteiger partial charge in [-0.05, 0) is 49.7 Å². The molecule has 1 aliphatic heterocycles. The molecule has 0 radical (unpaired) electrons. The van der Waals surface area contributed by atoms with Crippen molar-refractivity contribution in [1.82, 2.24) is 9.88 Å². The summed E-state index contributed by atoms with van der Waals surface area (Å²) < 4.78 is 10.8. The molecular weight excluding hydrogens is 398 g/mol. The zero-order chi connectivity index (χ0) is 20.9. The zero-order valence-corrected chi connectivity index (χ0v) is 17.9. The molecule has 1 aliphatic rings. The van der Waals surface area contributed by atoms with E-state index in [0.29, 0.717) is 10.9 Å². The Balaban J connectivity index is 1.57. The molecule has 1 atom stereocenters. The van der Waals surface area contributed by atoms with Crippen molar-refractivity contribution < 1.29 is 14.3 Å². The van der Waals surface area contributed by atoms with Crippen molar-refractivity contribution in [1.29, 1.82) is 0 Å². The number of anilines is 1. The Labute approximate surface area is 180 Å². The van der Waals surface area contributed by atoms with Crippen LogP contribution in [-0.2, 0) is 4.79 Å². The van der Waals surface area contributed by atoms with Gasteiger partial charge in [0.25, 0.3) is 0 Å². The van der Waals surface area contributed by atoms with Gasteiger partial charge in [0, 0.05) is 10.9 Å². The first-order chi connectivity index (χ1) is 14.7. The van der Waals surface area contributed by atoms with E-state index in [4.69, 9.17) is 9.47 Å². The molecule has 1 aromatic heterocycles. The first kappa shape index (κ1) is 20.4. The fraction of sp³-hybridized carbons (Fsp3) is 0.304. The molecule has 0 saturated carbocycles. The predicted molar refractivity (Wildman–Crippen MR) is 119 cm³/mol. The first-order valence-electron chi connectivity index (χ1n) is 9.97. The second-order valence-electron chi connectivity index (χ2n) is 7.15. The largest absolute Gasteiger partial charge is 0.497 e. The van der Waals surface area contributed by atoms with Crippen LogP contribution in [0.3, 0.4) is 0 Å². The number of amides is 1. The van der Waals surface area contributed by atoms with Crippen LogP contribution < -0.4 is 14.8 Å². The third kappa shape index (κ3) is 4.32. The van der Waals surface area contributed by atoms with Gasteiger partial charge in [-0.2, -0.15) is 0 Å². The molecule has 30 heavy (non-hydrogen) atoms. The smallest absolute Gasteiger partial charge is 0.248 e. The summed E-state index contributed by atoms with van der Waals surface area (Å²) in [4.78, 5) is 20.1. The maximum Gasteiger partial charge on any atom is 0.248 e. The van der Waals surface area contributed by atoms with Crippen LogP contribution in [0.1, 0.15) is 24.4 Å². The Morgan fingerprint density at radius 2 is 1.87 bits per heavy atom. The Kier molecular flexibility index (Phi) is 6.30. The molecule has 1 N–H and O–H groups in total. The summed E-state index contributed by atoms with van der Waals surface area (Å²) in [7, 11) is 3.25. The fourth-order valence-electron chi connectivity index (χ4n) is 3.81. The number of aromatic nitrogens is 1. The number of nitrogens with one attached hydrogen (secondary N) is 1. The van der Waals surface area contributed by atoms with Gasteiger partial charge in [-0.3, -0.25) is 9.69 Å². The summed E-state index contributed by atoms with van der Waals surface area (Å²) >= 11 is 1.40. The highest BCUT2D eigenvalue weighted by atomic mass is 32.1. The Bertz CT molecular complexity index is 1000. The van der Waals surface area contributed by atoms with Gasteiger partial charge < -0.3 is 14.8 Å². The highest BCUT2D eigenvalue weighted by Gasteiger charge is 2.30. The van der Waals surface area contributed by atoms with E-state index in [-0.39, 0.29) is 11.9 Å². The van der Waals surface area contributed by atoms with Gasteiger partial charge in [-0.1, -0.05) is 30.3 Å². The minimum Gasteiger partial charge on any atom is -0.497 e. The van der Waals surface area contributed by atoms with E-state index in [9.17, 15) is 4.79 Å². The van der Waals surface area contributed by atoms with Gasteiger partial charge in [-0.25, -0.2) is 4.98 Å². The van der Waals surface area contributed by atoms with Crippen LogP contribution in [0.5, 0.6) is 11.5 Å². The molecule has 1 unspecified atom stereocenters. The van der Waals surface area contributed by atoms with Crippen molar-refractivity contribution in [2.45, 2.75) is 18.9 Å². The van der Waals surface area contributed by atoms with Crippen molar-refractivity contribution >= 4 is 22.4 Å². The molecule has 0 aliphatic carbocycles. The molecule has 1 amide bonds. The fourth-order valence-corrected chi connectivity index (χ4v) is 4.52. The maximum atomic E-state index is 13.2. The second-order valence-corrected chi connectivity index (χ2v) is 8.01. The highest BCUT2D eigenvalue weighted by Crippen LogP contribution is 2.35. The van der Waals surface area contributed by atoms with E-state index in [1.54, 1.807) is 14.2 Å². The standard InChI is InChI=1S/C23H25N3O3S/c1-28-17-10-11-20(29-2)18(14-17)19-15-30-23(24-19)25-22(27)21(26-12-6-7-13-26)16-8-4-3-5-9-16/h3-5,8-11,14-15,21H,6-7,12-13H2,1-2H3,(H,24,25,27). The summed E-state index contributed by atoms with van der Waals surface area (Å²) in [6.07, 6.45) is 2.24. The summed E-state index contributed by atoms with van der Waals surface area (Å²) in [5, 5.41) is 5.51. The van der Waals surface area contributed by atoms with Crippen molar-refractivity contribution in [2.24, 2.45) is 0 Å². The SMILES string of the molecule is COc1ccc(OC)c(-c2csc(NC(=O)C(c3ccccc3)N3CCCC3)n2)c1. The molecule has 2 heterocycles. The van der Waals surface area contributed by atoms with Crippen LogP contribution in [0.4, 0.5) is 5.13 Å². The Morgan fingerprint density at radius 3 is 2.57 bits per heavy atom. The van der Waals surface area contributed by atoms with Gasteiger partial charge in [0.05, 0.1) is 19.9 Å². The number of hydrogen-bond acceptors (Lipinski definition) is 6. The van der Waals surface area contributed by atoms with Crippen LogP contribution in [-0.4, -0.2) is 43.1 Å². The minimum absolute atomic E-state index is 0.0541. The number of methoxy groups -OCH3 is 2. The lowest BCUT2D eigenvalue weighted by Gasteiger charge is -2.26. The number of thiazole rings is 1. The number of ether oxygens (including phenoxy) is 2. The van der Waals surface area contributed by atoms with Crippen molar-refractivity contribution in [2.75, 3.05) is 32.6 Å². The summed E-state index contributed by atoms with van der Waals surface area (Å²) in [5.74, 6) is 1.38. The van der Waals surface area contributed by atoms with Crippen molar-refractivity contribution in [3.05, 3.63) is 59.5 Å². The quantitative estimate of drug-likeness (QED) is 0.602. The summed E-state index contributed by atoms with van der Waals surface area (Å²) in [6, 6.07) is 15.2. The van der Waals surface area contributed by atoms with Gasteiger partial charge in [0.2, 0.25) is 5.91 Å². The molecule has 1 fully saturated rings. The molecule has 6 nitrogen and oxygen atoms in total. The van der Waals surface area contributed by atoms with Gasteiger partial charge in [0.1, 0.15) is 17.5 Å². The number of nitrogens with zero attached hydrogens (tertiary/aromatic N) is 2. The van der Waals surface area contributed by atoms with Crippen molar-refractivity contribution in [3.63, 3.8) is 0 Å². The Morgan fingerprint density at radius 1 is 1.10 bits per heavy atom. The average molecular weight is 424 g/mol. The number of carbonyl (C=O) groups excluding carboxylic acids is 1. The van der Waals surface area contributed by atoms with Crippen LogP contribution in [0.25, 0.3) is 11.3 Å². The second kappa shape index (κ2) is 9.28. The van der Waals surface area contributed by atoms with E-state index in [2.05, 4.69) is 15.2 Å². The van der Waals surface area contributed by atoms with E-state index >= 15 is 0 Å². The molecule has 2 aromatic carbocycles. The molecular formula is C23H25N3O3S. The lowest BCUT2D eigenvalue weighted by molar-refractivity contribution is -0.121. The Hall–Kier alpha value is -2.90. The molecule has 4 rings (SSSR count). The van der Waals surface area contributed by atoms with Crippen LogP contribution in [0.15, 0.2) is 53.9 Å². The monoisotopic (exact) mass is 423 g/mol. The predicted octanol–water partition coefficient (Wildman–Crippen LogP) is 4.60. The van der Waals surface area contributed by atoms with E-state index < -0.39 is 0 Å². The molecule has 156 valence electrons. The van der Waals surface area contributed by atoms with Gasteiger partial charge in [-0.15, -0.1) is 11.3 Å². The number of likely N-dealkylation sites (tertiary alicyclic amines) is 1. The van der Waals surface area contributed by atoms with Crippen molar-refractivity contribution in [3.8, 4) is 22.8 Å². The molecule has 0 spiro atoms. The minimum atomic E-state index is -0.313. The topological polar surface area (TPSA) is 63.7 Å². The van der Waals surface area contributed by atoms with Gasteiger partial charge >= 0.3 is 0 Å². The number of hydrogen-bond donors (Lipinski definition) is 1. The molecule has 0 bridgehead atoms. The lowest BCUT2D eigenvalue weighted by atomic mass is 10.0. The normalized spacial score (nSPS) is 15.0. The number of carbonyl (C=O) groups is 1. The first-order valence-corrected chi connectivity index (χ1v) is 10.9. The third-order valence-corrected chi connectivity index (χ3v) is 6.04. The zero-order valence-electron chi connectivity index (χ0n) is 17.1. The number of benzene rings is 2. The lowest BCUT2D eigenvalue weighted by Crippen LogP contribution is -2.35. The molecule has 7 heteroatoms. The summed E-state index contributed by atoms with van der Waals surface area (Å²) in [6.45, 7) is 1.86. The van der Waals surface area contributed by atoms with E-state index in [1.807, 2.05) is 53.9 Å². The third-order valence-electron chi connectivity index (χ3n) is 5.29. The maximum absolute atomic E-state index is 13.2. The van der Waals surface area contributed by atoms with Crippen LogP contribution in [0, 0.1) is 0 Å². The van der Waals surface area contributed by atoms with Gasteiger partial charge in [0.15, 0.2) is 5.13 Å². The molecule has 1 saturated heterocycles. The van der Waals surface area contributed by atoms with E-state index in [1.165, 1.54) is 11.3 Å². The molecule has 3 aromatic rings.